The minimum atomic E-state index is -0.254. The van der Waals surface area contributed by atoms with Crippen LogP contribution in [0.5, 0.6) is 11.5 Å². The number of carbonyl (C=O) groups excluding carboxylic acids is 1. The van der Waals surface area contributed by atoms with Crippen LogP contribution >= 0.6 is 0 Å². The number of benzene rings is 2. The molecule has 0 spiro atoms. The Morgan fingerprint density at radius 2 is 1.69 bits per heavy atom. The smallest absolute Gasteiger partial charge is 0.274 e. The number of hydrogen-bond acceptors (Lipinski definition) is 5. The van der Waals surface area contributed by atoms with E-state index in [4.69, 9.17) is 4.74 Å². The maximum atomic E-state index is 12.6. The minimum Gasteiger partial charge on any atom is -0.457 e. The van der Waals surface area contributed by atoms with Gasteiger partial charge in [-0.05, 0) is 55.2 Å². The molecule has 1 aromatic heterocycles. The minimum absolute atomic E-state index is 0.254. The van der Waals surface area contributed by atoms with Gasteiger partial charge in [0.15, 0.2) is 0 Å². The van der Waals surface area contributed by atoms with E-state index in [1.807, 2.05) is 54.6 Å². The zero-order valence-corrected chi connectivity index (χ0v) is 16.4. The standard InChI is InChI=1S/C23H24N4O2/c1-17-11-13-27(14-12-17)22-15-21(24-16-25-22)23(28)26-18-7-9-20(10-8-18)29-19-5-3-2-4-6-19/h2-10,15-17H,11-14H2,1H3,(H,26,28). The number of hydrogen-bond donors (Lipinski definition) is 1. The fourth-order valence-corrected chi connectivity index (χ4v) is 3.31. The van der Waals surface area contributed by atoms with Gasteiger partial charge in [-0.3, -0.25) is 4.79 Å². The number of piperidine rings is 1. The summed E-state index contributed by atoms with van der Waals surface area (Å²) in [6.45, 7) is 4.19. The van der Waals surface area contributed by atoms with Crippen LogP contribution in [0.25, 0.3) is 0 Å². The normalized spacial score (nSPS) is 14.4. The van der Waals surface area contributed by atoms with Crippen LogP contribution in [0.1, 0.15) is 30.3 Å². The first kappa shape index (κ1) is 18.9. The lowest BCUT2D eigenvalue weighted by molar-refractivity contribution is 0.102. The van der Waals surface area contributed by atoms with Crippen LogP contribution in [0.15, 0.2) is 67.0 Å². The number of para-hydroxylation sites is 1. The summed E-state index contributed by atoms with van der Waals surface area (Å²) in [5.74, 6) is 2.77. The molecule has 3 aromatic rings. The van der Waals surface area contributed by atoms with E-state index in [2.05, 4.69) is 27.1 Å². The maximum absolute atomic E-state index is 12.6. The molecule has 6 heteroatoms. The molecule has 2 aromatic carbocycles. The van der Waals surface area contributed by atoms with Gasteiger partial charge in [0.2, 0.25) is 0 Å². The number of carbonyl (C=O) groups is 1. The molecule has 29 heavy (non-hydrogen) atoms. The fraction of sp³-hybridized carbons (Fsp3) is 0.261. The Hall–Kier alpha value is -3.41. The zero-order valence-electron chi connectivity index (χ0n) is 16.4. The van der Waals surface area contributed by atoms with Gasteiger partial charge in [-0.2, -0.15) is 0 Å². The lowest BCUT2D eigenvalue weighted by atomic mass is 9.99. The molecule has 0 radical (unpaired) electrons. The SMILES string of the molecule is CC1CCN(c2cc(C(=O)Nc3ccc(Oc4ccccc4)cc3)ncn2)CC1. The van der Waals surface area contributed by atoms with E-state index in [1.165, 1.54) is 6.33 Å². The molecule has 0 bridgehead atoms. The third kappa shape index (κ3) is 4.90. The molecule has 2 heterocycles. The van der Waals surface area contributed by atoms with Gasteiger partial charge in [0.25, 0.3) is 5.91 Å². The maximum Gasteiger partial charge on any atom is 0.274 e. The zero-order chi connectivity index (χ0) is 20.1. The monoisotopic (exact) mass is 388 g/mol. The number of aromatic nitrogens is 2. The number of rotatable bonds is 5. The Balaban J connectivity index is 1.39. The van der Waals surface area contributed by atoms with E-state index in [1.54, 1.807) is 6.07 Å². The highest BCUT2D eigenvalue weighted by atomic mass is 16.5. The second kappa shape index (κ2) is 8.73. The van der Waals surface area contributed by atoms with Gasteiger partial charge in [-0.15, -0.1) is 0 Å². The summed E-state index contributed by atoms with van der Waals surface area (Å²) >= 11 is 0. The van der Waals surface area contributed by atoms with Crippen molar-refractivity contribution in [3.05, 3.63) is 72.7 Å². The first-order valence-electron chi connectivity index (χ1n) is 9.89. The van der Waals surface area contributed by atoms with E-state index < -0.39 is 0 Å². The van der Waals surface area contributed by atoms with Crippen molar-refractivity contribution >= 4 is 17.4 Å². The third-order valence-corrected chi connectivity index (χ3v) is 5.08. The highest BCUT2D eigenvalue weighted by Gasteiger charge is 2.18. The molecule has 1 aliphatic rings. The van der Waals surface area contributed by atoms with E-state index in [0.717, 1.165) is 43.4 Å². The summed E-state index contributed by atoms with van der Waals surface area (Å²) in [5, 5.41) is 2.88. The van der Waals surface area contributed by atoms with Crippen LogP contribution in [0.2, 0.25) is 0 Å². The number of nitrogens with one attached hydrogen (secondary N) is 1. The van der Waals surface area contributed by atoms with Gasteiger partial charge in [-0.1, -0.05) is 25.1 Å². The summed E-state index contributed by atoms with van der Waals surface area (Å²) in [4.78, 5) is 23.3. The Bertz CT molecular complexity index is 952. The average molecular weight is 388 g/mol. The van der Waals surface area contributed by atoms with Crippen molar-refractivity contribution in [2.75, 3.05) is 23.3 Å². The van der Waals surface area contributed by atoms with Crippen molar-refractivity contribution in [1.29, 1.82) is 0 Å². The molecule has 0 saturated carbocycles. The van der Waals surface area contributed by atoms with Crippen molar-refractivity contribution < 1.29 is 9.53 Å². The molecule has 148 valence electrons. The Morgan fingerprint density at radius 1 is 1.00 bits per heavy atom. The van der Waals surface area contributed by atoms with Gasteiger partial charge in [0.1, 0.15) is 29.3 Å². The number of amides is 1. The van der Waals surface area contributed by atoms with Crippen LogP contribution in [0.4, 0.5) is 11.5 Å². The van der Waals surface area contributed by atoms with E-state index >= 15 is 0 Å². The molecule has 0 aliphatic carbocycles. The molecule has 1 aliphatic heterocycles. The second-order valence-electron chi connectivity index (χ2n) is 7.32. The van der Waals surface area contributed by atoms with Gasteiger partial charge in [0, 0.05) is 24.8 Å². The predicted molar refractivity (Wildman–Crippen MR) is 114 cm³/mol. The lowest BCUT2D eigenvalue weighted by Gasteiger charge is -2.31. The highest BCUT2D eigenvalue weighted by Crippen LogP contribution is 2.24. The van der Waals surface area contributed by atoms with Crippen LogP contribution in [-0.2, 0) is 0 Å². The van der Waals surface area contributed by atoms with Gasteiger partial charge < -0.3 is 15.0 Å². The fourth-order valence-electron chi connectivity index (χ4n) is 3.31. The van der Waals surface area contributed by atoms with Crippen LogP contribution < -0.4 is 15.0 Å². The summed E-state index contributed by atoms with van der Waals surface area (Å²) in [7, 11) is 0. The lowest BCUT2D eigenvalue weighted by Crippen LogP contribution is -2.33. The summed E-state index contributed by atoms with van der Waals surface area (Å²) in [5.41, 5.74) is 1.04. The van der Waals surface area contributed by atoms with Gasteiger partial charge in [-0.25, -0.2) is 9.97 Å². The van der Waals surface area contributed by atoms with Gasteiger partial charge in [0.05, 0.1) is 0 Å². The number of ether oxygens (including phenoxy) is 1. The van der Waals surface area contributed by atoms with Crippen molar-refractivity contribution in [3.8, 4) is 11.5 Å². The van der Waals surface area contributed by atoms with Crippen molar-refractivity contribution in [2.45, 2.75) is 19.8 Å². The number of anilines is 2. The molecule has 1 amide bonds. The van der Waals surface area contributed by atoms with Crippen LogP contribution in [0, 0.1) is 5.92 Å². The molecule has 6 nitrogen and oxygen atoms in total. The first-order chi connectivity index (χ1) is 14.2. The topological polar surface area (TPSA) is 67.4 Å². The van der Waals surface area contributed by atoms with Crippen molar-refractivity contribution in [1.82, 2.24) is 9.97 Å². The Kier molecular flexibility index (Phi) is 5.70. The second-order valence-corrected chi connectivity index (χ2v) is 7.32. The molecule has 1 saturated heterocycles. The summed E-state index contributed by atoms with van der Waals surface area (Å²) in [6.07, 6.45) is 3.74. The first-order valence-corrected chi connectivity index (χ1v) is 9.89. The van der Waals surface area contributed by atoms with E-state index in [-0.39, 0.29) is 5.91 Å². The molecule has 1 N–H and O–H groups in total. The molecule has 0 unspecified atom stereocenters. The van der Waals surface area contributed by atoms with Crippen LogP contribution in [0.3, 0.4) is 0 Å². The molecular weight excluding hydrogens is 364 g/mol. The molecule has 0 atom stereocenters. The van der Waals surface area contributed by atoms with Gasteiger partial charge >= 0.3 is 0 Å². The Morgan fingerprint density at radius 3 is 2.41 bits per heavy atom. The molecule has 4 rings (SSSR count). The van der Waals surface area contributed by atoms with E-state index in [9.17, 15) is 4.79 Å². The summed E-state index contributed by atoms with van der Waals surface area (Å²) in [6, 6.07) is 18.6. The Labute approximate surface area is 170 Å². The number of nitrogens with zero attached hydrogens (tertiary/aromatic N) is 3. The highest BCUT2D eigenvalue weighted by molar-refractivity contribution is 6.03. The largest absolute Gasteiger partial charge is 0.457 e. The van der Waals surface area contributed by atoms with Crippen LogP contribution in [-0.4, -0.2) is 29.0 Å². The summed E-state index contributed by atoms with van der Waals surface area (Å²) < 4.78 is 5.77. The molecular formula is C23H24N4O2. The molecule has 1 fully saturated rings. The third-order valence-electron chi connectivity index (χ3n) is 5.08. The van der Waals surface area contributed by atoms with Crippen molar-refractivity contribution in [2.24, 2.45) is 5.92 Å². The quantitative estimate of drug-likeness (QED) is 0.683. The average Bonchev–Trinajstić information content (AvgIpc) is 2.76. The predicted octanol–water partition coefficient (Wildman–Crippen LogP) is 4.76. The van der Waals surface area contributed by atoms with Crippen molar-refractivity contribution in [3.63, 3.8) is 0 Å². The van der Waals surface area contributed by atoms with E-state index in [0.29, 0.717) is 17.1 Å².